The molecule has 1 aromatic carbocycles. The number of hydrogen-bond acceptors (Lipinski definition) is 2. The van der Waals surface area contributed by atoms with Gasteiger partial charge in [-0.1, -0.05) is 22.0 Å². The minimum atomic E-state index is 0.0497. The molecule has 22 heavy (non-hydrogen) atoms. The maximum Gasteiger partial charge on any atom is 0.222 e. The molecule has 0 unspecified atom stereocenters. The Bertz CT molecular complexity index is 783. The number of amides is 1. The number of nitrogens with zero attached hydrogens (tertiary/aromatic N) is 2. The van der Waals surface area contributed by atoms with Gasteiger partial charge in [-0.05, 0) is 41.3 Å². The summed E-state index contributed by atoms with van der Waals surface area (Å²) < 4.78 is 3.15. The molecule has 3 rings (SSSR count). The van der Waals surface area contributed by atoms with Gasteiger partial charge in [0.15, 0.2) is 0 Å². The van der Waals surface area contributed by atoms with E-state index in [9.17, 15) is 4.79 Å². The smallest absolute Gasteiger partial charge is 0.222 e. The van der Waals surface area contributed by atoms with Crippen molar-refractivity contribution in [2.24, 2.45) is 0 Å². The number of nitrogens with one attached hydrogen (secondary N) is 1. The summed E-state index contributed by atoms with van der Waals surface area (Å²) in [7, 11) is 0. The maximum absolute atomic E-state index is 12.0. The van der Waals surface area contributed by atoms with Crippen molar-refractivity contribution in [3.8, 4) is 0 Å². The number of rotatable bonds is 5. The quantitative estimate of drug-likeness (QED) is 0.759. The van der Waals surface area contributed by atoms with Crippen LogP contribution in [0.4, 0.5) is 0 Å². The van der Waals surface area contributed by atoms with Crippen LogP contribution >= 0.6 is 15.9 Å². The van der Waals surface area contributed by atoms with Gasteiger partial charge in [-0.15, -0.1) is 0 Å². The lowest BCUT2D eigenvalue weighted by molar-refractivity contribution is -0.121. The molecular formula is C17H16BrN3O. The highest BCUT2D eigenvalue weighted by molar-refractivity contribution is 9.10. The number of carbonyl (C=O) groups is 1. The fourth-order valence-electron chi connectivity index (χ4n) is 2.36. The number of aryl methyl sites for hydroxylation is 1. The van der Waals surface area contributed by atoms with Crippen LogP contribution in [0, 0.1) is 0 Å². The molecule has 0 saturated carbocycles. The van der Waals surface area contributed by atoms with E-state index in [1.807, 2.05) is 24.4 Å². The molecule has 1 N–H and O–H groups in total. The number of benzene rings is 1. The lowest BCUT2D eigenvalue weighted by Crippen LogP contribution is -2.23. The van der Waals surface area contributed by atoms with Crippen LogP contribution in [-0.2, 0) is 17.9 Å². The molecule has 0 saturated heterocycles. The molecule has 0 radical (unpaired) electrons. The average Bonchev–Trinajstić information content (AvgIpc) is 2.94. The topological polar surface area (TPSA) is 46.9 Å². The third-order valence-corrected chi connectivity index (χ3v) is 4.05. The second-order valence-corrected chi connectivity index (χ2v) is 6.01. The van der Waals surface area contributed by atoms with E-state index in [-0.39, 0.29) is 5.91 Å². The van der Waals surface area contributed by atoms with E-state index in [0.717, 1.165) is 15.6 Å². The van der Waals surface area contributed by atoms with E-state index < -0.39 is 0 Å². The summed E-state index contributed by atoms with van der Waals surface area (Å²) in [5, 5.41) is 4.11. The molecule has 4 nitrogen and oxygen atoms in total. The van der Waals surface area contributed by atoms with Crippen LogP contribution in [0.15, 0.2) is 59.5 Å². The highest BCUT2D eigenvalue weighted by atomic mass is 79.9. The van der Waals surface area contributed by atoms with Gasteiger partial charge in [-0.2, -0.15) is 0 Å². The zero-order chi connectivity index (χ0) is 15.4. The number of halogens is 1. The molecule has 0 spiro atoms. The Morgan fingerprint density at radius 1 is 1.18 bits per heavy atom. The summed E-state index contributed by atoms with van der Waals surface area (Å²) in [6, 6.07) is 12.0. The molecule has 0 aliphatic heterocycles. The normalized spacial score (nSPS) is 10.8. The Morgan fingerprint density at radius 2 is 2.00 bits per heavy atom. The molecule has 112 valence electrons. The maximum atomic E-state index is 12.0. The van der Waals surface area contributed by atoms with E-state index in [1.165, 1.54) is 5.39 Å². The first-order valence-corrected chi connectivity index (χ1v) is 7.92. The lowest BCUT2D eigenvalue weighted by Gasteiger charge is -2.07. The standard InChI is InChI=1S/C17H16BrN3O/c18-15-2-1-14-5-9-21(16(14)11-15)10-6-17(22)20-12-13-3-7-19-8-4-13/h1-5,7-9,11H,6,10,12H2,(H,20,22). The summed E-state index contributed by atoms with van der Waals surface area (Å²) in [6.45, 7) is 1.21. The summed E-state index contributed by atoms with van der Waals surface area (Å²) in [6.07, 6.45) is 5.94. The molecule has 0 aliphatic rings. The SMILES string of the molecule is O=C(CCn1ccc2ccc(Br)cc21)NCc1ccncc1. The first-order valence-electron chi connectivity index (χ1n) is 7.12. The van der Waals surface area contributed by atoms with Crippen LogP contribution in [-0.4, -0.2) is 15.5 Å². The van der Waals surface area contributed by atoms with Crippen molar-refractivity contribution in [1.29, 1.82) is 0 Å². The molecule has 0 aliphatic carbocycles. The predicted molar refractivity (Wildman–Crippen MR) is 90.3 cm³/mol. The molecule has 2 heterocycles. The first kappa shape index (κ1) is 14.8. The van der Waals surface area contributed by atoms with Gasteiger partial charge >= 0.3 is 0 Å². The summed E-state index contributed by atoms with van der Waals surface area (Å²) in [5.74, 6) is 0.0497. The third kappa shape index (κ3) is 3.54. The second-order valence-electron chi connectivity index (χ2n) is 5.09. The summed E-state index contributed by atoms with van der Waals surface area (Å²) >= 11 is 3.48. The van der Waals surface area contributed by atoms with Gasteiger partial charge in [0.1, 0.15) is 0 Å². The number of hydrogen-bond donors (Lipinski definition) is 1. The van der Waals surface area contributed by atoms with E-state index in [1.54, 1.807) is 12.4 Å². The summed E-state index contributed by atoms with van der Waals surface area (Å²) in [5.41, 5.74) is 2.19. The number of aromatic nitrogens is 2. The van der Waals surface area contributed by atoms with Crippen LogP contribution in [0.5, 0.6) is 0 Å². The fourth-order valence-corrected chi connectivity index (χ4v) is 2.71. The number of pyridine rings is 1. The van der Waals surface area contributed by atoms with Crippen molar-refractivity contribution in [3.05, 3.63) is 65.0 Å². The Kier molecular flexibility index (Phi) is 4.53. The lowest BCUT2D eigenvalue weighted by atomic mass is 10.2. The van der Waals surface area contributed by atoms with Gasteiger partial charge in [0, 0.05) is 48.1 Å². The van der Waals surface area contributed by atoms with Crippen LogP contribution in [0.1, 0.15) is 12.0 Å². The van der Waals surface area contributed by atoms with Crippen LogP contribution in [0.25, 0.3) is 10.9 Å². The zero-order valence-corrected chi connectivity index (χ0v) is 13.6. The molecule has 2 aromatic heterocycles. The molecular weight excluding hydrogens is 342 g/mol. The third-order valence-electron chi connectivity index (χ3n) is 3.55. The Hall–Kier alpha value is -2.14. The molecule has 5 heteroatoms. The van der Waals surface area contributed by atoms with Gasteiger partial charge in [0.25, 0.3) is 0 Å². The summed E-state index contributed by atoms with van der Waals surface area (Å²) in [4.78, 5) is 15.9. The monoisotopic (exact) mass is 357 g/mol. The van der Waals surface area contributed by atoms with Gasteiger partial charge in [-0.3, -0.25) is 9.78 Å². The first-order chi connectivity index (χ1) is 10.7. The van der Waals surface area contributed by atoms with E-state index in [0.29, 0.717) is 19.5 Å². The average molecular weight is 358 g/mol. The number of carbonyl (C=O) groups excluding carboxylic acids is 1. The minimum absolute atomic E-state index is 0.0497. The van der Waals surface area contributed by atoms with Gasteiger partial charge in [-0.25, -0.2) is 0 Å². The highest BCUT2D eigenvalue weighted by Crippen LogP contribution is 2.21. The molecule has 3 aromatic rings. The second kappa shape index (κ2) is 6.75. The molecule has 0 bridgehead atoms. The van der Waals surface area contributed by atoms with Gasteiger partial charge in [0.2, 0.25) is 5.91 Å². The van der Waals surface area contributed by atoms with E-state index >= 15 is 0 Å². The van der Waals surface area contributed by atoms with Gasteiger partial charge < -0.3 is 9.88 Å². The van der Waals surface area contributed by atoms with Crippen LogP contribution in [0.2, 0.25) is 0 Å². The van der Waals surface area contributed by atoms with Crippen molar-refractivity contribution < 1.29 is 4.79 Å². The highest BCUT2D eigenvalue weighted by Gasteiger charge is 2.05. The Labute approximate surface area is 137 Å². The Balaban J connectivity index is 1.57. The van der Waals surface area contributed by atoms with Crippen LogP contribution in [0.3, 0.4) is 0 Å². The largest absolute Gasteiger partial charge is 0.352 e. The van der Waals surface area contributed by atoms with Gasteiger partial charge in [0.05, 0.1) is 0 Å². The zero-order valence-electron chi connectivity index (χ0n) is 12.0. The van der Waals surface area contributed by atoms with Crippen molar-refractivity contribution >= 4 is 32.7 Å². The molecule has 0 atom stereocenters. The molecule has 1 amide bonds. The predicted octanol–water partition coefficient (Wildman–Crippen LogP) is 3.51. The van der Waals surface area contributed by atoms with Crippen molar-refractivity contribution in [2.45, 2.75) is 19.5 Å². The van der Waals surface area contributed by atoms with E-state index in [2.05, 4.69) is 49.0 Å². The number of fused-ring (bicyclic) bond motifs is 1. The van der Waals surface area contributed by atoms with Crippen molar-refractivity contribution in [1.82, 2.24) is 14.9 Å². The van der Waals surface area contributed by atoms with Crippen molar-refractivity contribution in [3.63, 3.8) is 0 Å². The fraction of sp³-hybridized carbons (Fsp3) is 0.176. The van der Waals surface area contributed by atoms with Crippen molar-refractivity contribution in [2.75, 3.05) is 0 Å². The molecule has 0 fully saturated rings. The Morgan fingerprint density at radius 3 is 2.82 bits per heavy atom. The van der Waals surface area contributed by atoms with E-state index in [4.69, 9.17) is 0 Å². The minimum Gasteiger partial charge on any atom is -0.352 e. The van der Waals surface area contributed by atoms with Crippen LogP contribution < -0.4 is 5.32 Å².